The number of nitrogens with zero attached hydrogens (tertiary/aromatic N) is 1. The van der Waals surface area contributed by atoms with Gasteiger partial charge in [0, 0.05) is 6.92 Å². The van der Waals surface area contributed by atoms with E-state index in [2.05, 4.69) is 160 Å². The molecule has 0 aromatic heterocycles. The van der Waals surface area contributed by atoms with Gasteiger partial charge < -0.3 is 23.7 Å². The lowest BCUT2D eigenvalue weighted by Crippen LogP contribution is -2.55. The Balaban J connectivity index is -0.000000555. The number of benzene rings is 2. The lowest BCUT2D eigenvalue weighted by Gasteiger charge is -2.28. The zero-order valence-corrected chi connectivity index (χ0v) is 44.2. The van der Waals surface area contributed by atoms with Gasteiger partial charge in [-0.05, 0) is 154 Å². The molecule has 2 aromatic carbocycles. The Morgan fingerprint density at radius 3 is 0.978 bits per heavy atom. The van der Waals surface area contributed by atoms with Gasteiger partial charge in [0.05, 0.1) is 20.3 Å². The van der Waals surface area contributed by atoms with Crippen molar-refractivity contribution in [1.82, 2.24) is 4.65 Å². The van der Waals surface area contributed by atoms with Crippen LogP contribution >= 0.6 is 101 Å². The minimum absolute atomic E-state index is 0.211. The van der Waals surface area contributed by atoms with Crippen LogP contribution in [0.2, 0.25) is 98.2 Å². The summed E-state index contributed by atoms with van der Waals surface area (Å²) in [5.41, 5.74) is 0. The molecule has 3 N–H and O–H groups in total. The lowest BCUT2D eigenvalue weighted by atomic mass is 10.3. The summed E-state index contributed by atoms with van der Waals surface area (Å²) in [6, 6.07) is 8.99. The number of nitrogens with one attached hydrogen (secondary N) is 1. The van der Waals surface area contributed by atoms with Crippen molar-refractivity contribution in [3.05, 3.63) is 38.5 Å². The molecule has 0 radical (unpaired) electrons. The van der Waals surface area contributed by atoms with Gasteiger partial charge in [-0.2, -0.15) is 16.3 Å². The second-order valence-corrected chi connectivity index (χ2v) is 45.9. The fourth-order valence-electron chi connectivity index (χ4n) is 2.98. The Morgan fingerprint density at radius 1 is 0.600 bits per heavy atom. The Bertz CT molecular complexity index is 1110. The van der Waals surface area contributed by atoms with Crippen molar-refractivity contribution >= 4 is 142 Å². The highest BCUT2D eigenvalue weighted by Crippen LogP contribution is 2.34. The number of phenols is 2. The Labute approximate surface area is 339 Å². The molecule has 0 aliphatic rings. The minimum Gasteiger partial charge on any atom is -0.544 e. The first-order valence-electron chi connectivity index (χ1n) is 14.2. The minimum atomic E-state index is -1.56. The second kappa shape index (κ2) is 22.3. The van der Waals surface area contributed by atoms with Crippen LogP contribution in [0.25, 0.3) is 0 Å². The summed E-state index contributed by atoms with van der Waals surface area (Å²) in [5.74, 6) is 2.40. The maximum Gasteiger partial charge on any atom is 0.242 e. The first kappa shape index (κ1) is 50.8. The van der Waals surface area contributed by atoms with Gasteiger partial charge in [-0.3, -0.25) is 0 Å². The number of hydrogen-bond acceptors (Lipinski definition) is 6. The first-order chi connectivity index (χ1) is 19.7. The molecule has 0 fully saturated rings. The van der Waals surface area contributed by atoms with Crippen molar-refractivity contribution in [1.29, 1.82) is 5.26 Å². The van der Waals surface area contributed by atoms with Crippen molar-refractivity contribution in [3.63, 3.8) is 0 Å². The van der Waals surface area contributed by atoms with Gasteiger partial charge in [-0.15, -0.1) is 0 Å². The van der Waals surface area contributed by atoms with Crippen molar-refractivity contribution in [2.45, 2.75) is 105 Å². The normalized spacial score (nSPS) is 11.5. The summed E-state index contributed by atoms with van der Waals surface area (Å²) in [7, 11) is -6.21. The summed E-state index contributed by atoms with van der Waals surface area (Å²) < 4.78 is 19.5. The van der Waals surface area contributed by atoms with E-state index in [1.165, 1.54) is 19.1 Å². The molecule has 0 amide bonds. The van der Waals surface area contributed by atoms with Gasteiger partial charge in [0.2, 0.25) is 16.6 Å². The van der Waals surface area contributed by atoms with E-state index in [0.717, 1.165) is 18.6 Å². The first-order valence-corrected chi connectivity index (χ1v) is 36.9. The number of nitriles is 1. The van der Waals surface area contributed by atoms with Gasteiger partial charge in [0.1, 0.15) is 46.9 Å². The monoisotopic (exact) mass is 1180 g/mol. The SMILES string of the molecule is CC#N.C[Si](C)(C)Cl.C[Si](C)(C)N[Si](C)(C)C.C[Si](C)(C)Oc1cc(I)c(O[Si](C)(C)C)cc1I.Oc1cc(I)c(O)cc1I. The molecule has 0 atom stereocenters. The quantitative estimate of drug-likeness (QED) is 0.115. The van der Waals surface area contributed by atoms with Crippen molar-refractivity contribution < 1.29 is 19.1 Å². The third kappa shape index (κ3) is 35.0. The van der Waals surface area contributed by atoms with E-state index < -0.39 is 40.5 Å². The van der Waals surface area contributed by atoms with Gasteiger partial charge >= 0.3 is 0 Å². The van der Waals surface area contributed by atoms with Crippen LogP contribution in [0.3, 0.4) is 0 Å². The van der Waals surface area contributed by atoms with Crippen LogP contribution in [0.15, 0.2) is 24.3 Å². The molecule has 0 aliphatic carbocycles. The highest BCUT2D eigenvalue weighted by Gasteiger charge is 2.23. The van der Waals surface area contributed by atoms with Crippen LogP contribution in [0.5, 0.6) is 23.0 Å². The largest absolute Gasteiger partial charge is 0.544 e. The van der Waals surface area contributed by atoms with Crippen LogP contribution in [-0.4, -0.2) is 50.7 Å². The second-order valence-electron chi connectivity index (χ2n) is 14.8. The summed E-state index contributed by atoms with van der Waals surface area (Å²) in [4.78, 5) is 0. The maximum atomic E-state index is 9.10. The number of phenolic OH excluding ortho intramolecular Hbond substituents is 2. The zero-order chi connectivity index (χ0) is 36.8. The number of halogens is 5. The molecule has 0 unspecified atom stereocenters. The zero-order valence-electron chi connectivity index (χ0n) is 29.9. The van der Waals surface area contributed by atoms with Crippen molar-refractivity contribution in [2.75, 3.05) is 0 Å². The molecule has 2 rings (SSSR count). The van der Waals surface area contributed by atoms with Crippen LogP contribution in [0.4, 0.5) is 0 Å². The molecule has 0 spiro atoms. The van der Waals surface area contributed by atoms with Gasteiger partial charge in [-0.25, -0.2) is 0 Å². The summed E-state index contributed by atoms with van der Waals surface area (Å²) in [5, 5.41) is 25.5. The fourth-order valence-corrected chi connectivity index (χ4v) is 16.0. The van der Waals surface area contributed by atoms with Gasteiger partial charge in [0.25, 0.3) is 0 Å². The van der Waals surface area contributed by atoms with Gasteiger partial charge in [0.15, 0.2) is 0 Å². The molecule has 16 heteroatoms. The molecule has 45 heavy (non-hydrogen) atoms. The molecule has 0 aliphatic heterocycles. The standard InChI is InChI=1S/C12H20I2O2Si2.C6H4I2O2.C6H19NSi2.C3H9ClSi.C2H3N/c1-17(2,3)15-11-7-10(14)12(8-9(11)13)16-18(4,5)6;7-3-1-5(9)4(8)2-6(3)10;1-8(2,3)7-9(4,5)6;1-5(2,3)4;1-2-3/h7-8H,1-6H3;1-2,9-10H;7H,1-6H3;1-3H3;1H3. The molecule has 0 heterocycles. The summed E-state index contributed by atoms with van der Waals surface area (Å²) in [6.45, 7) is 35.0. The molecule has 2 aromatic rings. The predicted octanol–water partition coefficient (Wildman–Crippen LogP) is 12.5. The topological polar surface area (TPSA) is 94.7 Å². The number of hydrogen-bond donors (Lipinski definition) is 3. The van der Waals surface area contributed by atoms with Crippen LogP contribution < -0.4 is 13.5 Å². The molecule has 0 saturated carbocycles. The Hall–Kier alpha value is 1.38. The van der Waals surface area contributed by atoms with Crippen molar-refractivity contribution in [3.8, 4) is 29.1 Å². The van der Waals surface area contributed by atoms with E-state index in [9.17, 15) is 0 Å². The molecular weight excluding hydrogens is 1120 g/mol. The highest BCUT2D eigenvalue weighted by molar-refractivity contribution is 14.1. The van der Waals surface area contributed by atoms with E-state index in [4.69, 9.17) is 35.4 Å². The number of rotatable bonds is 6. The molecule has 0 bridgehead atoms. The van der Waals surface area contributed by atoms with Gasteiger partial charge in [-0.1, -0.05) is 58.9 Å². The lowest BCUT2D eigenvalue weighted by molar-refractivity contribution is 0.454. The smallest absolute Gasteiger partial charge is 0.242 e. The van der Waals surface area contributed by atoms with E-state index in [-0.39, 0.29) is 11.5 Å². The number of aromatic hydroxyl groups is 2. The van der Waals surface area contributed by atoms with Crippen LogP contribution in [0.1, 0.15) is 6.92 Å². The van der Waals surface area contributed by atoms with E-state index in [1.807, 2.05) is 45.2 Å². The molecule has 0 saturated heterocycles. The average Bonchev–Trinajstić information content (AvgIpc) is 2.72. The average molecular weight is 1180 g/mol. The predicted molar refractivity (Wildman–Crippen MR) is 245 cm³/mol. The third-order valence-electron chi connectivity index (χ3n) is 3.58. The third-order valence-corrected chi connectivity index (χ3v) is 14.7. The summed E-state index contributed by atoms with van der Waals surface area (Å²) in [6.07, 6.45) is 0. The fraction of sp³-hybridized carbons (Fsp3) is 0.552. The maximum absolute atomic E-state index is 9.10. The molecule has 260 valence electrons. The van der Waals surface area contributed by atoms with E-state index >= 15 is 0 Å². The summed E-state index contributed by atoms with van der Waals surface area (Å²) >= 11 is 14.2. The highest BCUT2D eigenvalue weighted by atomic mass is 127. The van der Waals surface area contributed by atoms with Crippen LogP contribution in [-0.2, 0) is 0 Å². The van der Waals surface area contributed by atoms with E-state index in [1.54, 1.807) is 6.07 Å². The van der Waals surface area contributed by atoms with E-state index in [0.29, 0.717) is 7.14 Å². The Morgan fingerprint density at radius 2 is 0.822 bits per heavy atom. The van der Waals surface area contributed by atoms with Crippen molar-refractivity contribution in [2.24, 2.45) is 0 Å². The van der Waals surface area contributed by atoms with Crippen LogP contribution in [0, 0.1) is 25.6 Å². The Kier molecular flexibility index (Phi) is 25.1. The molecule has 6 nitrogen and oxygen atoms in total. The molecular formula is C29H55ClI4N2O4Si5.